The third-order valence-corrected chi connectivity index (χ3v) is 4.49. The third-order valence-electron chi connectivity index (χ3n) is 4.49. The first-order valence-electron chi connectivity index (χ1n) is 9.25. The van der Waals surface area contributed by atoms with E-state index in [2.05, 4.69) is 5.43 Å². The molecule has 1 unspecified atom stereocenters. The molecule has 2 N–H and O–H groups in total. The molecule has 3 rings (SSSR count). The molecule has 0 radical (unpaired) electrons. The first-order chi connectivity index (χ1) is 14.1. The maximum Gasteiger partial charge on any atom is 0.358 e. The van der Waals surface area contributed by atoms with E-state index < -0.39 is 17.5 Å². The number of carbonyl (C=O) groups excluding carboxylic acids is 1. The highest BCUT2D eigenvalue weighted by molar-refractivity contribution is 6.06. The Kier molecular flexibility index (Phi) is 6.14. The molecule has 0 bridgehead atoms. The van der Waals surface area contributed by atoms with Gasteiger partial charge >= 0.3 is 5.97 Å². The molecule has 29 heavy (non-hydrogen) atoms. The highest BCUT2D eigenvalue weighted by Crippen LogP contribution is 2.26. The number of rotatable bonds is 8. The van der Waals surface area contributed by atoms with Gasteiger partial charge in [-0.05, 0) is 36.4 Å². The zero-order chi connectivity index (χ0) is 20.7. The normalized spacial score (nSPS) is 12.4. The van der Waals surface area contributed by atoms with E-state index in [4.69, 9.17) is 4.74 Å². The van der Waals surface area contributed by atoms with Crippen LogP contribution in [0.5, 0.6) is 5.75 Å². The highest BCUT2D eigenvalue weighted by Gasteiger charge is 2.48. The van der Waals surface area contributed by atoms with E-state index in [1.165, 1.54) is 0 Å². The van der Waals surface area contributed by atoms with Crippen LogP contribution in [0.2, 0.25) is 0 Å². The van der Waals surface area contributed by atoms with Gasteiger partial charge in [-0.2, -0.15) is 0 Å². The van der Waals surface area contributed by atoms with Gasteiger partial charge in [-0.1, -0.05) is 61.5 Å². The molecule has 0 fully saturated rings. The molecular formula is C23H22N2O4. The summed E-state index contributed by atoms with van der Waals surface area (Å²) >= 11 is 0. The van der Waals surface area contributed by atoms with E-state index >= 15 is 0 Å². The number of para-hydroxylation sites is 3. The van der Waals surface area contributed by atoms with E-state index in [9.17, 15) is 14.7 Å². The number of carbonyl (C=O) groups is 2. The Bertz CT molecular complexity index is 909. The summed E-state index contributed by atoms with van der Waals surface area (Å²) in [6, 6.07) is 26.8. The summed E-state index contributed by atoms with van der Waals surface area (Å²) in [5.74, 6) is -1.83. The smallest absolute Gasteiger partial charge is 0.358 e. The molecule has 3 aromatic carbocycles. The molecule has 0 aliphatic heterocycles. The fourth-order valence-corrected chi connectivity index (χ4v) is 2.88. The molecule has 0 heterocycles. The van der Waals surface area contributed by atoms with Crippen LogP contribution in [0.4, 0.5) is 11.4 Å². The number of aliphatic carboxylic acids is 1. The van der Waals surface area contributed by atoms with Crippen molar-refractivity contribution in [3.63, 3.8) is 0 Å². The Morgan fingerprint density at radius 3 is 1.72 bits per heavy atom. The number of nitrogens with zero attached hydrogens (tertiary/aromatic N) is 1. The summed E-state index contributed by atoms with van der Waals surface area (Å²) in [6.07, 6.45) is -0.0551. The number of hydrogen-bond donors (Lipinski definition) is 2. The quantitative estimate of drug-likeness (QED) is 0.446. The Morgan fingerprint density at radius 1 is 0.862 bits per heavy atom. The van der Waals surface area contributed by atoms with Crippen LogP contribution in [0.1, 0.15) is 13.3 Å². The first kappa shape index (κ1) is 19.9. The van der Waals surface area contributed by atoms with Crippen molar-refractivity contribution in [1.82, 2.24) is 5.43 Å². The molecule has 0 saturated heterocycles. The Hall–Kier alpha value is -3.80. The maximum atomic E-state index is 13.2. The van der Waals surface area contributed by atoms with Gasteiger partial charge in [0, 0.05) is 6.42 Å². The van der Waals surface area contributed by atoms with Gasteiger partial charge in [0.25, 0.3) is 11.5 Å². The Morgan fingerprint density at radius 2 is 1.31 bits per heavy atom. The second-order valence-electron chi connectivity index (χ2n) is 6.35. The van der Waals surface area contributed by atoms with Crippen LogP contribution in [-0.2, 0) is 9.59 Å². The second kappa shape index (κ2) is 8.93. The third kappa shape index (κ3) is 4.38. The van der Waals surface area contributed by atoms with Crippen molar-refractivity contribution in [2.75, 3.05) is 5.01 Å². The molecule has 0 saturated carbocycles. The first-order valence-corrected chi connectivity index (χ1v) is 9.25. The minimum Gasteiger partial charge on any atom is -0.478 e. The number of anilines is 2. The van der Waals surface area contributed by atoms with Gasteiger partial charge < -0.3 is 9.84 Å². The number of carboxylic acids is 1. The number of carboxylic acid groups (broad SMARTS) is 1. The number of benzene rings is 3. The van der Waals surface area contributed by atoms with Crippen LogP contribution in [-0.4, -0.2) is 22.6 Å². The van der Waals surface area contributed by atoms with Crippen molar-refractivity contribution < 1.29 is 19.4 Å². The molecule has 148 valence electrons. The van der Waals surface area contributed by atoms with Gasteiger partial charge in [-0.25, -0.2) is 4.79 Å². The predicted octanol–water partition coefficient (Wildman–Crippen LogP) is 4.17. The van der Waals surface area contributed by atoms with Gasteiger partial charge in [-0.15, -0.1) is 0 Å². The molecule has 0 aromatic heterocycles. The van der Waals surface area contributed by atoms with Crippen LogP contribution in [0, 0.1) is 0 Å². The minimum atomic E-state index is -2.08. The number of nitrogens with one attached hydrogen (secondary N) is 1. The van der Waals surface area contributed by atoms with Gasteiger partial charge in [-0.3, -0.25) is 15.2 Å². The lowest BCUT2D eigenvalue weighted by Gasteiger charge is -2.32. The fraction of sp³-hybridized carbons (Fsp3) is 0.130. The lowest BCUT2D eigenvalue weighted by atomic mass is 9.99. The highest BCUT2D eigenvalue weighted by atomic mass is 16.5. The molecule has 1 amide bonds. The van der Waals surface area contributed by atoms with Crippen molar-refractivity contribution >= 4 is 23.3 Å². The fourth-order valence-electron chi connectivity index (χ4n) is 2.88. The van der Waals surface area contributed by atoms with Crippen LogP contribution in [0.25, 0.3) is 0 Å². The Balaban J connectivity index is 1.96. The summed E-state index contributed by atoms with van der Waals surface area (Å²) in [6.45, 7) is 1.60. The van der Waals surface area contributed by atoms with E-state index in [-0.39, 0.29) is 6.42 Å². The lowest BCUT2D eigenvalue weighted by molar-refractivity contribution is -0.163. The van der Waals surface area contributed by atoms with Gasteiger partial charge in [0.1, 0.15) is 5.75 Å². The number of hydrogen-bond acceptors (Lipinski definition) is 4. The average Bonchev–Trinajstić information content (AvgIpc) is 2.77. The van der Waals surface area contributed by atoms with Crippen molar-refractivity contribution in [2.45, 2.75) is 18.9 Å². The topological polar surface area (TPSA) is 78.9 Å². The molecule has 6 nitrogen and oxygen atoms in total. The van der Waals surface area contributed by atoms with E-state index in [1.807, 2.05) is 60.7 Å². The largest absolute Gasteiger partial charge is 0.478 e. The van der Waals surface area contributed by atoms with E-state index in [1.54, 1.807) is 42.3 Å². The molecule has 1 atom stereocenters. The monoisotopic (exact) mass is 390 g/mol. The number of hydrazine groups is 1. The number of amides is 1. The summed E-state index contributed by atoms with van der Waals surface area (Å²) in [4.78, 5) is 25.4. The predicted molar refractivity (Wildman–Crippen MR) is 111 cm³/mol. The van der Waals surface area contributed by atoms with Gasteiger partial charge in [0.2, 0.25) is 0 Å². The van der Waals surface area contributed by atoms with Crippen molar-refractivity contribution in [3.05, 3.63) is 91.0 Å². The van der Waals surface area contributed by atoms with Crippen LogP contribution in [0.15, 0.2) is 91.0 Å². The van der Waals surface area contributed by atoms with Gasteiger partial charge in [0.15, 0.2) is 0 Å². The molecule has 0 aliphatic rings. The lowest BCUT2D eigenvalue weighted by Crippen LogP contribution is -2.59. The zero-order valence-corrected chi connectivity index (χ0v) is 16.0. The SMILES string of the molecule is CCC(Oc1ccccc1)(C(=O)O)C(=O)NN(c1ccccc1)c1ccccc1. The standard InChI is InChI=1S/C23H22N2O4/c1-2-23(22(27)28,29-20-16-10-5-11-17-20)21(26)24-25(18-12-6-3-7-13-18)19-14-8-4-9-15-19/h3-17H,2H2,1H3,(H,24,26)(H,27,28). The summed E-state index contributed by atoms with van der Waals surface area (Å²) in [7, 11) is 0. The van der Waals surface area contributed by atoms with Crippen LogP contribution < -0.4 is 15.2 Å². The molecule has 0 aliphatic carbocycles. The zero-order valence-electron chi connectivity index (χ0n) is 16.0. The summed E-state index contributed by atoms with van der Waals surface area (Å²) in [5, 5.41) is 11.5. The molecule has 6 heteroatoms. The average molecular weight is 390 g/mol. The van der Waals surface area contributed by atoms with Crippen molar-refractivity contribution in [1.29, 1.82) is 0 Å². The van der Waals surface area contributed by atoms with E-state index in [0.717, 1.165) is 0 Å². The molecule has 0 spiro atoms. The molecular weight excluding hydrogens is 368 g/mol. The minimum absolute atomic E-state index is 0.0551. The summed E-state index contributed by atoms with van der Waals surface area (Å²) in [5.41, 5.74) is 2.02. The van der Waals surface area contributed by atoms with Crippen LogP contribution in [0.3, 0.4) is 0 Å². The molecule has 3 aromatic rings. The van der Waals surface area contributed by atoms with Crippen molar-refractivity contribution in [3.8, 4) is 5.75 Å². The van der Waals surface area contributed by atoms with Gasteiger partial charge in [0.05, 0.1) is 11.4 Å². The number of ether oxygens (including phenoxy) is 1. The van der Waals surface area contributed by atoms with Crippen molar-refractivity contribution in [2.24, 2.45) is 0 Å². The second-order valence-corrected chi connectivity index (χ2v) is 6.35. The van der Waals surface area contributed by atoms with Crippen LogP contribution >= 0.6 is 0 Å². The Labute approximate surface area is 169 Å². The summed E-state index contributed by atoms with van der Waals surface area (Å²) < 4.78 is 5.71. The van der Waals surface area contributed by atoms with E-state index in [0.29, 0.717) is 17.1 Å². The maximum absolute atomic E-state index is 13.2.